The lowest BCUT2D eigenvalue weighted by molar-refractivity contribution is 0.135. The quantitative estimate of drug-likeness (QED) is 0.871. The Balaban J connectivity index is 2.09. The van der Waals surface area contributed by atoms with Crippen LogP contribution < -0.4 is 0 Å². The van der Waals surface area contributed by atoms with Crippen LogP contribution in [0.3, 0.4) is 0 Å². The second kappa shape index (κ2) is 7.29. The van der Waals surface area contributed by atoms with Crippen molar-refractivity contribution >= 4 is 11.8 Å². The fourth-order valence-corrected chi connectivity index (χ4v) is 2.80. The molecule has 23 heavy (non-hydrogen) atoms. The maximum absolute atomic E-state index is 7.72. The van der Waals surface area contributed by atoms with Gasteiger partial charge in [-0.25, -0.2) is 9.97 Å². The summed E-state index contributed by atoms with van der Waals surface area (Å²) in [6.45, 7) is 3.50. The molecule has 0 unspecified atom stereocenters. The van der Waals surface area contributed by atoms with Gasteiger partial charge in [-0.1, -0.05) is 36.4 Å². The first kappa shape index (κ1) is 15.6. The summed E-state index contributed by atoms with van der Waals surface area (Å²) in [7, 11) is 0. The first-order valence-electron chi connectivity index (χ1n) is 8.01. The number of allylic oxidation sites excluding steroid dienone is 1. The number of ether oxygens (including phenoxy) is 1. The molecule has 1 aliphatic rings. The van der Waals surface area contributed by atoms with Gasteiger partial charge in [0, 0.05) is 23.9 Å². The normalized spacial score (nSPS) is 17.7. The Morgan fingerprint density at radius 3 is 2.74 bits per heavy atom. The van der Waals surface area contributed by atoms with Crippen molar-refractivity contribution in [1.82, 2.24) is 9.97 Å². The molecule has 0 aliphatic carbocycles. The van der Waals surface area contributed by atoms with Crippen molar-refractivity contribution in [2.45, 2.75) is 26.2 Å². The first-order chi connectivity index (χ1) is 11.3. The number of benzene rings is 1. The number of rotatable bonds is 3. The molecule has 0 amide bonds. The van der Waals surface area contributed by atoms with Crippen LogP contribution in [0.2, 0.25) is 0 Å². The summed E-state index contributed by atoms with van der Waals surface area (Å²) in [4.78, 5) is 9.45. The lowest BCUT2D eigenvalue weighted by Crippen LogP contribution is -2.07. The predicted octanol–water partition coefficient (Wildman–Crippen LogP) is 4.03. The molecule has 0 bridgehead atoms. The second-order valence-electron chi connectivity index (χ2n) is 5.64. The van der Waals surface area contributed by atoms with Gasteiger partial charge in [0.15, 0.2) is 5.82 Å². The highest BCUT2D eigenvalue weighted by Crippen LogP contribution is 2.26. The fraction of sp³-hybridized carbons (Fsp3) is 0.316. The van der Waals surface area contributed by atoms with Gasteiger partial charge in [-0.15, -0.1) is 0 Å². The summed E-state index contributed by atoms with van der Waals surface area (Å²) < 4.78 is 5.50. The minimum atomic E-state index is 0.757. The van der Waals surface area contributed by atoms with E-state index in [1.165, 1.54) is 11.8 Å². The zero-order valence-corrected chi connectivity index (χ0v) is 13.4. The van der Waals surface area contributed by atoms with E-state index in [9.17, 15) is 0 Å². The van der Waals surface area contributed by atoms with Crippen molar-refractivity contribution in [3.63, 3.8) is 0 Å². The smallest absolute Gasteiger partial charge is 0.155 e. The molecule has 118 valence electrons. The van der Waals surface area contributed by atoms with Crippen molar-refractivity contribution in [3.8, 4) is 11.3 Å². The number of hydrogen-bond donors (Lipinski definition) is 1. The summed E-state index contributed by atoms with van der Waals surface area (Å²) in [5.74, 6) is 0.786. The monoisotopic (exact) mass is 307 g/mol. The number of aromatic nitrogens is 2. The van der Waals surface area contributed by atoms with Crippen LogP contribution in [-0.4, -0.2) is 29.4 Å². The van der Waals surface area contributed by atoms with Gasteiger partial charge in [-0.2, -0.15) is 0 Å². The number of aryl methyl sites for hydroxylation is 1. The van der Waals surface area contributed by atoms with E-state index < -0.39 is 0 Å². The highest BCUT2D eigenvalue weighted by atomic mass is 16.5. The minimum Gasteiger partial charge on any atom is -0.381 e. The van der Waals surface area contributed by atoms with E-state index in [0.717, 1.165) is 60.8 Å². The standard InChI is InChI=1S/C19H21N3O/c1-14-17(13-20)18(15-7-3-2-4-8-15)22-19(21-14)16-9-5-11-23-12-6-10-16/h2-4,7-9,13,20H,5-6,10-12H2,1H3/b16-9-,20-13?. The number of nitrogens with one attached hydrogen (secondary N) is 1. The van der Waals surface area contributed by atoms with Crippen LogP contribution in [0.15, 0.2) is 36.4 Å². The molecule has 4 heteroatoms. The molecule has 0 radical (unpaired) electrons. The van der Waals surface area contributed by atoms with Crippen molar-refractivity contribution in [2.24, 2.45) is 0 Å². The summed E-state index contributed by atoms with van der Waals surface area (Å²) in [6.07, 6.45) is 6.35. The van der Waals surface area contributed by atoms with E-state index in [4.69, 9.17) is 15.1 Å². The minimum absolute atomic E-state index is 0.757. The molecule has 0 saturated heterocycles. The topological polar surface area (TPSA) is 58.9 Å². The van der Waals surface area contributed by atoms with Crippen molar-refractivity contribution < 1.29 is 4.74 Å². The summed E-state index contributed by atoms with van der Waals surface area (Å²) in [5, 5.41) is 7.72. The zero-order valence-electron chi connectivity index (χ0n) is 13.4. The van der Waals surface area contributed by atoms with Crippen LogP contribution in [0.5, 0.6) is 0 Å². The first-order valence-corrected chi connectivity index (χ1v) is 8.01. The molecular formula is C19H21N3O. The van der Waals surface area contributed by atoms with Crippen molar-refractivity contribution in [3.05, 3.63) is 53.5 Å². The summed E-state index contributed by atoms with van der Waals surface area (Å²) in [6, 6.07) is 10.0. The molecule has 0 spiro atoms. The molecule has 4 nitrogen and oxygen atoms in total. The van der Waals surface area contributed by atoms with E-state index >= 15 is 0 Å². The Hall–Kier alpha value is -2.33. The van der Waals surface area contributed by atoms with Crippen molar-refractivity contribution in [1.29, 1.82) is 5.41 Å². The van der Waals surface area contributed by atoms with Gasteiger partial charge in [-0.05, 0) is 31.8 Å². The Labute approximate surface area is 136 Å². The van der Waals surface area contributed by atoms with E-state index in [1.54, 1.807) is 0 Å². The van der Waals surface area contributed by atoms with E-state index in [0.29, 0.717) is 0 Å². The van der Waals surface area contributed by atoms with Gasteiger partial charge in [0.2, 0.25) is 0 Å². The lowest BCUT2D eigenvalue weighted by atomic mass is 10.0. The molecule has 2 aromatic rings. The lowest BCUT2D eigenvalue weighted by Gasteiger charge is -2.14. The highest BCUT2D eigenvalue weighted by molar-refractivity contribution is 5.88. The molecule has 0 fully saturated rings. The molecule has 1 aromatic carbocycles. The van der Waals surface area contributed by atoms with Crippen LogP contribution in [0, 0.1) is 12.3 Å². The Morgan fingerprint density at radius 1 is 1.13 bits per heavy atom. The largest absolute Gasteiger partial charge is 0.381 e. The third-order valence-corrected chi connectivity index (χ3v) is 4.00. The Morgan fingerprint density at radius 2 is 1.96 bits per heavy atom. The third-order valence-electron chi connectivity index (χ3n) is 4.00. The van der Waals surface area contributed by atoms with Gasteiger partial charge < -0.3 is 10.1 Å². The van der Waals surface area contributed by atoms with Gasteiger partial charge in [-0.3, -0.25) is 0 Å². The zero-order chi connectivity index (χ0) is 16.1. The molecule has 2 heterocycles. The third kappa shape index (κ3) is 3.54. The summed E-state index contributed by atoms with van der Waals surface area (Å²) >= 11 is 0. The Kier molecular flexibility index (Phi) is 4.93. The van der Waals surface area contributed by atoms with E-state index in [1.807, 2.05) is 37.3 Å². The van der Waals surface area contributed by atoms with Crippen LogP contribution in [0.25, 0.3) is 16.8 Å². The van der Waals surface area contributed by atoms with Gasteiger partial charge in [0.05, 0.1) is 18.0 Å². The summed E-state index contributed by atoms with van der Waals surface area (Å²) in [5.41, 5.74) is 4.68. The van der Waals surface area contributed by atoms with Crippen LogP contribution in [-0.2, 0) is 4.74 Å². The molecule has 3 rings (SSSR count). The van der Waals surface area contributed by atoms with Gasteiger partial charge in [0.25, 0.3) is 0 Å². The molecule has 1 aromatic heterocycles. The van der Waals surface area contributed by atoms with Gasteiger partial charge >= 0.3 is 0 Å². The maximum Gasteiger partial charge on any atom is 0.155 e. The van der Waals surface area contributed by atoms with E-state index in [2.05, 4.69) is 11.1 Å². The SMILES string of the molecule is Cc1nc(/C2=C\CCOCCC2)nc(-c2ccccc2)c1C=N. The molecule has 1 aliphatic heterocycles. The van der Waals surface area contributed by atoms with Crippen LogP contribution >= 0.6 is 0 Å². The predicted molar refractivity (Wildman–Crippen MR) is 92.7 cm³/mol. The van der Waals surface area contributed by atoms with Gasteiger partial charge in [0.1, 0.15) is 0 Å². The molecule has 0 atom stereocenters. The highest BCUT2D eigenvalue weighted by Gasteiger charge is 2.15. The average molecular weight is 307 g/mol. The maximum atomic E-state index is 7.72. The Bertz CT molecular complexity index is 723. The fourth-order valence-electron chi connectivity index (χ4n) is 2.80. The van der Waals surface area contributed by atoms with E-state index in [-0.39, 0.29) is 0 Å². The molecule has 0 saturated carbocycles. The van der Waals surface area contributed by atoms with Crippen molar-refractivity contribution in [2.75, 3.05) is 13.2 Å². The molecule has 1 N–H and O–H groups in total. The second-order valence-corrected chi connectivity index (χ2v) is 5.64. The van der Waals surface area contributed by atoms with Crippen LogP contribution in [0.1, 0.15) is 36.3 Å². The number of hydrogen-bond acceptors (Lipinski definition) is 4. The number of nitrogens with zero attached hydrogens (tertiary/aromatic N) is 2. The molecular weight excluding hydrogens is 286 g/mol. The average Bonchev–Trinajstić information content (AvgIpc) is 2.54. The van der Waals surface area contributed by atoms with Crippen LogP contribution in [0.4, 0.5) is 0 Å².